The number of hydrogen-bond donors (Lipinski definition) is 1. The summed E-state index contributed by atoms with van der Waals surface area (Å²) in [4.78, 5) is 13.5. The molecule has 4 nitrogen and oxygen atoms in total. The quantitative estimate of drug-likeness (QED) is 0.856. The molecular weight excluding hydrogens is 286 g/mol. The Bertz CT molecular complexity index is 643. The maximum atomic E-state index is 12.4. The van der Waals surface area contributed by atoms with Gasteiger partial charge in [0.1, 0.15) is 11.5 Å². The SMILES string of the molecule is COc1ccc(OC)c(C(=O)Nc2cccc(SC)c2)c1. The summed E-state index contributed by atoms with van der Waals surface area (Å²) in [6.45, 7) is 0. The zero-order valence-corrected chi connectivity index (χ0v) is 13.0. The first kappa shape index (κ1) is 15.3. The van der Waals surface area contributed by atoms with E-state index < -0.39 is 0 Å². The van der Waals surface area contributed by atoms with Crippen molar-refractivity contribution in [3.63, 3.8) is 0 Å². The minimum absolute atomic E-state index is 0.232. The molecule has 0 saturated heterocycles. The van der Waals surface area contributed by atoms with Gasteiger partial charge in [0, 0.05) is 10.6 Å². The number of carbonyl (C=O) groups excluding carboxylic acids is 1. The molecule has 0 fully saturated rings. The molecule has 0 radical (unpaired) electrons. The van der Waals surface area contributed by atoms with Crippen LogP contribution in [0, 0.1) is 0 Å². The highest BCUT2D eigenvalue weighted by molar-refractivity contribution is 7.98. The van der Waals surface area contributed by atoms with E-state index >= 15 is 0 Å². The molecule has 0 atom stereocenters. The van der Waals surface area contributed by atoms with Gasteiger partial charge in [0.2, 0.25) is 0 Å². The lowest BCUT2D eigenvalue weighted by Gasteiger charge is -2.11. The summed E-state index contributed by atoms with van der Waals surface area (Å²) in [5.74, 6) is 0.886. The van der Waals surface area contributed by atoms with Crippen molar-refractivity contribution in [3.05, 3.63) is 48.0 Å². The first-order valence-corrected chi connectivity index (χ1v) is 7.58. The summed E-state index contributed by atoms with van der Waals surface area (Å²) in [6.07, 6.45) is 1.99. The zero-order valence-electron chi connectivity index (χ0n) is 12.2. The largest absolute Gasteiger partial charge is 0.497 e. The Labute approximate surface area is 128 Å². The van der Waals surface area contributed by atoms with E-state index in [1.54, 1.807) is 37.1 Å². The third kappa shape index (κ3) is 3.70. The minimum Gasteiger partial charge on any atom is -0.497 e. The van der Waals surface area contributed by atoms with Crippen molar-refractivity contribution in [1.29, 1.82) is 0 Å². The Kier molecular flexibility index (Phi) is 5.11. The van der Waals surface area contributed by atoms with E-state index in [9.17, 15) is 4.79 Å². The second-order valence-corrected chi connectivity index (χ2v) is 5.13. The lowest BCUT2D eigenvalue weighted by molar-refractivity contribution is 0.102. The van der Waals surface area contributed by atoms with Crippen molar-refractivity contribution in [2.24, 2.45) is 0 Å². The molecule has 1 N–H and O–H groups in total. The van der Waals surface area contributed by atoms with E-state index in [2.05, 4.69) is 5.32 Å². The Morgan fingerprint density at radius 1 is 1.10 bits per heavy atom. The first-order valence-electron chi connectivity index (χ1n) is 6.35. The number of anilines is 1. The highest BCUT2D eigenvalue weighted by Crippen LogP contribution is 2.25. The standard InChI is InChI=1S/C16H17NO3S/c1-19-12-7-8-15(20-2)14(10-12)16(18)17-11-5-4-6-13(9-11)21-3/h4-10H,1-3H3,(H,17,18). The summed E-state index contributed by atoms with van der Waals surface area (Å²) >= 11 is 1.62. The van der Waals surface area contributed by atoms with Crippen LogP contribution < -0.4 is 14.8 Å². The summed E-state index contributed by atoms with van der Waals surface area (Å²) in [5.41, 5.74) is 1.18. The van der Waals surface area contributed by atoms with Crippen LogP contribution in [0.1, 0.15) is 10.4 Å². The van der Waals surface area contributed by atoms with Crippen molar-refractivity contribution in [1.82, 2.24) is 0 Å². The maximum Gasteiger partial charge on any atom is 0.259 e. The Morgan fingerprint density at radius 2 is 1.90 bits per heavy atom. The average Bonchev–Trinajstić information content (AvgIpc) is 2.54. The van der Waals surface area contributed by atoms with Crippen LogP contribution in [0.2, 0.25) is 0 Å². The van der Waals surface area contributed by atoms with Gasteiger partial charge in [-0.05, 0) is 42.7 Å². The Morgan fingerprint density at radius 3 is 2.57 bits per heavy atom. The number of rotatable bonds is 5. The molecule has 0 aromatic heterocycles. The van der Waals surface area contributed by atoms with Crippen LogP contribution in [0.15, 0.2) is 47.4 Å². The Balaban J connectivity index is 2.26. The van der Waals surface area contributed by atoms with Crippen LogP contribution in [0.25, 0.3) is 0 Å². The molecule has 0 aliphatic rings. The van der Waals surface area contributed by atoms with Crippen molar-refractivity contribution < 1.29 is 14.3 Å². The second-order valence-electron chi connectivity index (χ2n) is 4.25. The number of ether oxygens (including phenoxy) is 2. The zero-order chi connectivity index (χ0) is 15.2. The average molecular weight is 303 g/mol. The van der Waals surface area contributed by atoms with Gasteiger partial charge in [-0.2, -0.15) is 0 Å². The predicted octanol–water partition coefficient (Wildman–Crippen LogP) is 3.68. The van der Waals surface area contributed by atoms with E-state index in [1.807, 2.05) is 30.5 Å². The van der Waals surface area contributed by atoms with Gasteiger partial charge < -0.3 is 14.8 Å². The van der Waals surface area contributed by atoms with Crippen molar-refractivity contribution in [2.75, 3.05) is 25.8 Å². The molecular formula is C16H17NO3S. The third-order valence-corrected chi connectivity index (χ3v) is 3.70. The monoisotopic (exact) mass is 303 g/mol. The van der Waals surface area contributed by atoms with Gasteiger partial charge in [0.05, 0.1) is 19.8 Å². The molecule has 2 aromatic rings. The van der Waals surface area contributed by atoms with Gasteiger partial charge in [0.25, 0.3) is 5.91 Å². The van der Waals surface area contributed by atoms with Crippen molar-refractivity contribution in [3.8, 4) is 11.5 Å². The smallest absolute Gasteiger partial charge is 0.259 e. The van der Waals surface area contributed by atoms with E-state index in [0.29, 0.717) is 17.1 Å². The van der Waals surface area contributed by atoms with Crippen LogP contribution in [0.5, 0.6) is 11.5 Å². The van der Waals surface area contributed by atoms with E-state index in [1.165, 1.54) is 7.11 Å². The number of carbonyl (C=O) groups is 1. The molecule has 2 aromatic carbocycles. The van der Waals surface area contributed by atoms with Gasteiger partial charge in [0.15, 0.2) is 0 Å². The molecule has 5 heteroatoms. The normalized spacial score (nSPS) is 10.0. The highest BCUT2D eigenvalue weighted by Gasteiger charge is 2.14. The fourth-order valence-electron chi connectivity index (χ4n) is 1.89. The molecule has 0 heterocycles. The lowest BCUT2D eigenvalue weighted by atomic mass is 10.1. The van der Waals surface area contributed by atoms with E-state index in [0.717, 1.165) is 10.6 Å². The molecule has 0 spiro atoms. The second kappa shape index (κ2) is 7.04. The van der Waals surface area contributed by atoms with Crippen LogP contribution in [-0.2, 0) is 0 Å². The van der Waals surface area contributed by atoms with Crippen LogP contribution in [-0.4, -0.2) is 26.4 Å². The number of thioether (sulfide) groups is 1. The van der Waals surface area contributed by atoms with E-state index in [4.69, 9.17) is 9.47 Å². The molecule has 1 amide bonds. The fourth-order valence-corrected chi connectivity index (χ4v) is 2.35. The molecule has 0 aliphatic heterocycles. The van der Waals surface area contributed by atoms with Crippen LogP contribution in [0.4, 0.5) is 5.69 Å². The molecule has 110 valence electrons. The molecule has 0 unspecified atom stereocenters. The molecule has 0 bridgehead atoms. The third-order valence-electron chi connectivity index (χ3n) is 2.98. The van der Waals surface area contributed by atoms with Gasteiger partial charge in [-0.25, -0.2) is 0 Å². The molecule has 0 saturated carbocycles. The first-order chi connectivity index (χ1) is 10.2. The van der Waals surface area contributed by atoms with Crippen molar-refractivity contribution in [2.45, 2.75) is 4.90 Å². The summed E-state index contributed by atoms with van der Waals surface area (Å²) < 4.78 is 10.4. The summed E-state index contributed by atoms with van der Waals surface area (Å²) in [6, 6.07) is 12.8. The van der Waals surface area contributed by atoms with Gasteiger partial charge in [-0.15, -0.1) is 11.8 Å². The Hall–Kier alpha value is -2.14. The fraction of sp³-hybridized carbons (Fsp3) is 0.188. The molecule has 2 rings (SSSR count). The summed E-state index contributed by atoms with van der Waals surface area (Å²) in [7, 11) is 3.10. The topological polar surface area (TPSA) is 47.6 Å². The number of hydrogen-bond acceptors (Lipinski definition) is 4. The predicted molar refractivity (Wildman–Crippen MR) is 85.7 cm³/mol. The van der Waals surface area contributed by atoms with Gasteiger partial charge in [-0.3, -0.25) is 4.79 Å². The summed E-state index contributed by atoms with van der Waals surface area (Å²) in [5, 5.41) is 2.87. The minimum atomic E-state index is -0.232. The van der Waals surface area contributed by atoms with Crippen LogP contribution in [0.3, 0.4) is 0 Å². The number of nitrogens with one attached hydrogen (secondary N) is 1. The van der Waals surface area contributed by atoms with E-state index in [-0.39, 0.29) is 5.91 Å². The highest BCUT2D eigenvalue weighted by atomic mass is 32.2. The van der Waals surface area contributed by atoms with Gasteiger partial charge in [-0.1, -0.05) is 6.07 Å². The molecule has 21 heavy (non-hydrogen) atoms. The number of methoxy groups -OCH3 is 2. The van der Waals surface area contributed by atoms with Crippen LogP contribution >= 0.6 is 11.8 Å². The maximum absolute atomic E-state index is 12.4. The number of benzene rings is 2. The van der Waals surface area contributed by atoms with Crippen molar-refractivity contribution >= 4 is 23.4 Å². The number of amides is 1. The lowest BCUT2D eigenvalue weighted by Crippen LogP contribution is -2.13. The van der Waals surface area contributed by atoms with Gasteiger partial charge >= 0.3 is 0 Å². The molecule has 0 aliphatic carbocycles.